The smallest absolute Gasteiger partial charge is 0.234 e. The van der Waals surface area contributed by atoms with Gasteiger partial charge in [0.25, 0.3) is 0 Å². The third kappa shape index (κ3) is 3.74. The number of ether oxygens (including phenoxy) is 1. The first-order valence-electron chi connectivity index (χ1n) is 11.4. The normalized spacial score (nSPS) is 11.4. The van der Waals surface area contributed by atoms with Gasteiger partial charge in [-0.2, -0.15) is 0 Å². The number of aryl methyl sites for hydroxylation is 1. The Kier molecular flexibility index (Phi) is 5.54. The summed E-state index contributed by atoms with van der Waals surface area (Å²) in [4.78, 5) is 18.0. The molecule has 8 nitrogen and oxygen atoms in total. The van der Waals surface area contributed by atoms with Gasteiger partial charge in [-0.05, 0) is 43.3 Å². The van der Waals surface area contributed by atoms with Gasteiger partial charge in [0.05, 0.1) is 35.1 Å². The first-order chi connectivity index (χ1) is 17.6. The Bertz CT molecular complexity index is 1740. The van der Waals surface area contributed by atoms with E-state index < -0.39 is 0 Å². The summed E-state index contributed by atoms with van der Waals surface area (Å²) >= 11 is 1.33. The third-order valence-electron chi connectivity index (χ3n) is 6.10. The van der Waals surface area contributed by atoms with E-state index in [1.165, 1.54) is 11.8 Å². The van der Waals surface area contributed by atoms with Crippen LogP contribution in [0.3, 0.4) is 0 Å². The lowest BCUT2D eigenvalue weighted by Crippen LogP contribution is -2.14. The second-order valence-corrected chi connectivity index (χ2v) is 9.21. The number of aromatic nitrogens is 5. The van der Waals surface area contributed by atoms with E-state index in [9.17, 15) is 4.79 Å². The van der Waals surface area contributed by atoms with Gasteiger partial charge >= 0.3 is 0 Å². The maximum atomic E-state index is 13.2. The van der Waals surface area contributed by atoms with Gasteiger partial charge in [0.15, 0.2) is 5.16 Å². The van der Waals surface area contributed by atoms with Crippen LogP contribution < -0.4 is 10.1 Å². The van der Waals surface area contributed by atoms with Crippen LogP contribution in [0.1, 0.15) is 5.82 Å². The maximum absolute atomic E-state index is 13.2. The van der Waals surface area contributed by atoms with Crippen LogP contribution in [0.5, 0.6) is 5.75 Å². The van der Waals surface area contributed by atoms with Crippen LogP contribution in [-0.4, -0.2) is 42.9 Å². The highest BCUT2D eigenvalue weighted by Crippen LogP contribution is 2.36. The van der Waals surface area contributed by atoms with Crippen molar-refractivity contribution in [1.29, 1.82) is 0 Å². The number of fused-ring (bicyclic) bond motifs is 5. The minimum absolute atomic E-state index is 0.124. The highest BCUT2D eigenvalue weighted by molar-refractivity contribution is 7.99. The summed E-state index contributed by atoms with van der Waals surface area (Å²) < 4.78 is 9.20. The van der Waals surface area contributed by atoms with E-state index in [4.69, 9.17) is 9.72 Å². The van der Waals surface area contributed by atoms with Crippen LogP contribution in [0, 0.1) is 6.92 Å². The molecule has 0 radical (unpaired) electrons. The number of thioether (sulfide) groups is 1. The van der Waals surface area contributed by atoms with E-state index in [2.05, 4.69) is 19.9 Å². The van der Waals surface area contributed by atoms with Gasteiger partial charge in [-0.1, -0.05) is 48.2 Å². The number of methoxy groups -OCH3 is 1. The first-order valence-corrected chi connectivity index (χ1v) is 12.4. The second-order valence-electron chi connectivity index (χ2n) is 8.27. The molecule has 1 amide bonds. The summed E-state index contributed by atoms with van der Waals surface area (Å²) in [5.74, 6) is 1.69. The Morgan fingerprint density at radius 2 is 1.75 bits per heavy atom. The molecule has 0 aliphatic carbocycles. The number of rotatable bonds is 6. The molecule has 3 aromatic carbocycles. The molecule has 0 unspecified atom stereocenters. The monoisotopic (exact) mass is 494 g/mol. The number of hydrogen-bond donors (Lipinski definition) is 1. The Labute approximate surface area is 210 Å². The SMILES string of the molecule is COc1ccc(-n2cnnc2SCC(=O)Nc2c3ccccc3n3c(C)nc4ccccc4c23)cc1. The molecule has 0 saturated carbocycles. The Morgan fingerprint density at radius 1 is 1.00 bits per heavy atom. The lowest BCUT2D eigenvalue weighted by atomic mass is 10.1. The summed E-state index contributed by atoms with van der Waals surface area (Å²) in [6.07, 6.45) is 1.64. The van der Waals surface area contributed by atoms with Gasteiger partial charge in [0, 0.05) is 16.5 Å². The Morgan fingerprint density at radius 3 is 2.56 bits per heavy atom. The molecule has 36 heavy (non-hydrogen) atoms. The van der Waals surface area contributed by atoms with E-state index in [1.54, 1.807) is 13.4 Å². The van der Waals surface area contributed by atoms with Crippen molar-refractivity contribution in [3.05, 3.63) is 84.9 Å². The molecule has 1 N–H and O–H groups in total. The summed E-state index contributed by atoms with van der Waals surface area (Å²) in [5, 5.41) is 14.0. The molecule has 3 heterocycles. The number of anilines is 1. The molecule has 6 aromatic rings. The summed E-state index contributed by atoms with van der Waals surface area (Å²) in [7, 11) is 1.63. The highest BCUT2D eigenvalue weighted by atomic mass is 32.2. The van der Waals surface area contributed by atoms with Crippen molar-refractivity contribution in [1.82, 2.24) is 24.1 Å². The van der Waals surface area contributed by atoms with E-state index in [-0.39, 0.29) is 11.7 Å². The van der Waals surface area contributed by atoms with E-state index in [1.807, 2.05) is 84.3 Å². The van der Waals surface area contributed by atoms with Crippen molar-refractivity contribution in [2.75, 3.05) is 18.2 Å². The molecule has 178 valence electrons. The summed E-state index contributed by atoms with van der Waals surface area (Å²) in [6, 6.07) is 23.7. The largest absolute Gasteiger partial charge is 0.497 e. The number of benzene rings is 3. The summed E-state index contributed by atoms with van der Waals surface area (Å²) in [6.45, 7) is 1.99. The molecule has 0 spiro atoms. The molecule has 0 aliphatic heterocycles. The van der Waals surface area contributed by atoms with Gasteiger partial charge in [0.2, 0.25) is 5.91 Å². The van der Waals surface area contributed by atoms with Crippen LogP contribution in [-0.2, 0) is 4.79 Å². The lowest BCUT2D eigenvalue weighted by molar-refractivity contribution is -0.113. The average Bonchev–Trinajstić information content (AvgIpc) is 3.51. The van der Waals surface area contributed by atoms with E-state index >= 15 is 0 Å². The number of nitrogens with one attached hydrogen (secondary N) is 1. The molecule has 0 bridgehead atoms. The minimum atomic E-state index is -0.124. The fourth-order valence-corrected chi connectivity index (χ4v) is 5.23. The van der Waals surface area contributed by atoms with E-state index in [0.717, 1.165) is 50.3 Å². The molecule has 0 saturated heterocycles. The zero-order valence-corrected chi connectivity index (χ0v) is 20.5. The van der Waals surface area contributed by atoms with Gasteiger partial charge in [-0.25, -0.2) is 4.98 Å². The number of hydrogen-bond acceptors (Lipinski definition) is 6. The molecular weight excluding hydrogens is 472 g/mol. The van der Waals surface area contributed by atoms with Crippen molar-refractivity contribution in [2.24, 2.45) is 0 Å². The standard InChI is InChI=1S/C27H22N6O2S/c1-17-29-22-9-5-3-7-20(22)26-25(21-8-4-6-10-23(21)33(17)26)30-24(34)15-36-27-31-28-16-32(27)18-11-13-19(35-2)14-12-18/h3-14,16H,15H2,1-2H3,(H,30,34). The predicted octanol–water partition coefficient (Wildman–Crippen LogP) is 5.27. The lowest BCUT2D eigenvalue weighted by Gasteiger charge is -2.09. The average molecular weight is 495 g/mol. The first kappa shape index (κ1) is 22.1. The van der Waals surface area contributed by atoms with Crippen molar-refractivity contribution < 1.29 is 9.53 Å². The number of amides is 1. The number of para-hydroxylation sites is 2. The zero-order chi connectivity index (χ0) is 24.6. The number of carbonyl (C=O) groups is 1. The Balaban J connectivity index is 1.32. The van der Waals surface area contributed by atoms with Gasteiger partial charge in [-0.15, -0.1) is 10.2 Å². The molecule has 3 aromatic heterocycles. The number of carbonyl (C=O) groups excluding carboxylic acids is 1. The second kappa shape index (κ2) is 9.01. The highest BCUT2D eigenvalue weighted by Gasteiger charge is 2.19. The molecular formula is C27H22N6O2S. The van der Waals surface area contributed by atoms with Crippen LogP contribution in [0.25, 0.3) is 33.0 Å². The van der Waals surface area contributed by atoms with Crippen molar-refractivity contribution in [2.45, 2.75) is 12.1 Å². The Hall–Kier alpha value is -4.37. The molecule has 0 atom stereocenters. The number of nitrogens with zero attached hydrogens (tertiary/aromatic N) is 5. The van der Waals surface area contributed by atoms with Crippen LogP contribution in [0.2, 0.25) is 0 Å². The quantitative estimate of drug-likeness (QED) is 0.318. The van der Waals surface area contributed by atoms with E-state index in [0.29, 0.717) is 5.16 Å². The van der Waals surface area contributed by atoms with Gasteiger partial charge < -0.3 is 10.1 Å². The zero-order valence-electron chi connectivity index (χ0n) is 19.7. The molecule has 9 heteroatoms. The summed E-state index contributed by atoms with van der Waals surface area (Å²) in [5.41, 5.74) is 4.52. The maximum Gasteiger partial charge on any atom is 0.234 e. The van der Waals surface area contributed by atoms with Crippen LogP contribution in [0.4, 0.5) is 5.69 Å². The third-order valence-corrected chi connectivity index (χ3v) is 7.05. The van der Waals surface area contributed by atoms with Gasteiger partial charge in [0.1, 0.15) is 17.9 Å². The van der Waals surface area contributed by atoms with Crippen LogP contribution >= 0.6 is 11.8 Å². The fraction of sp³-hybridized carbons (Fsp3) is 0.111. The topological polar surface area (TPSA) is 86.3 Å². The van der Waals surface area contributed by atoms with Crippen LogP contribution in [0.15, 0.2) is 84.3 Å². The molecule has 6 rings (SSSR count). The molecule has 0 fully saturated rings. The van der Waals surface area contributed by atoms with Gasteiger partial charge in [-0.3, -0.25) is 13.8 Å². The molecule has 0 aliphatic rings. The predicted molar refractivity (Wildman–Crippen MR) is 142 cm³/mol. The minimum Gasteiger partial charge on any atom is -0.497 e. The fourth-order valence-electron chi connectivity index (χ4n) is 4.50. The van der Waals surface area contributed by atoms with Crippen molar-refractivity contribution >= 4 is 50.7 Å². The van der Waals surface area contributed by atoms with Crippen molar-refractivity contribution in [3.8, 4) is 11.4 Å². The van der Waals surface area contributed by atoms with Crippen molar-refractivity contribution in [3.63, 3.8) is 0 Å².